The molecule has 16 nitrogen and oxygen atoms in total. The summed E-state index contributed by atoms with van der Waals surface area (Å²) in [5.41, 5.74) is 7.58. The van der Waals surface area contributed by atoms with Gasteiger partial charge in [-0.05, 0) is 83.9 Å². The van der Waals surface area contributed by atoms with Crippen LogP contribution >= 0.6 is 0 Å². The third-order valence-electron chi connectivity index (χ3n) is 11.8. The Morgan fingerprint density at radius 3 is 1.39 bits per heavy atom. The third kappa shape index (κ3) is 9.15. The summed E-state index contributed by atoms with van der Waals surface area (Å²) in [6.07, 6.45) is 2.38. The number of hydrogen-bond donors (Lipinski definition) is 0. The SMILES string of the molecule is CS(=O)(=O)c1ccc(-c2cccc3nc(N(c4ccc(CN5CCOCC5)cc4)N(c4ccc(CN5CCOCC5)cc4)c4nc5cccc(-c6cccc(S(C)(=O)=O)c6)n5n4)nn23)cc1. The fourth-order valence-electron chi connectivity index (χ4n) is 8.32. The van der Waals surface area contributed by atoms with E-state index in [-0.39, 0.29) is 9.79 Å². The van der Waals surface area contributed by atoms with E-state index in [2.05, 4.69) is 34.1 Å². The first kappa shape index (κ1) is 43.4. The van der Waals surface area contributed by atoms with E-state index >= 15 is 0 Å². The number of hydrogen-bond acceptors (Lipinski definition) is 14. The first-order valence-corrected chi connectivity index (χ1v) is 25.4. The molecule has 0 saturated carbocycles. The van der Waals surface area contributed by atoms with Gasteiger partial charge in [0.15, 0.2) is 31.0 Å². The number of aromatic nitrogens is 6. The molecule has 2 aliphatic heterocycles. The lowest BCUT2D eigenvalue weighted by molar-refractivity contribution is 0.0341. The van der Waals surface area contributed by atoms with Crippen LogP contribution in [0, 0.1) is 0 Å². The maximum atomic E-state index is 12.6. The number of sulfone groups is 2. The van der Waals surface area contributed by atoms with E-state index < -0.39 is 19.7 Å². The highest BCUT2D eigenvalue weighted by Crippen LogP contribution is 2.36. The minimum absolute atomic E-state index is 0.197. The van der Waals surface area contributed by atoms with Gasteiger partial charge in [0.25, 0.3) is 11.9 Å². The molecule has 2 fully saturated rings. The summed E-state index contributed by atoms with van der Waals surface area (Å²) in [6, 6.07) is 41.4. The average Bonchev–Trinajstić information content (AvgIpc) is 3.97. The zero-order chi connectivity index (χ0) is 45.4. The molecule has 0 bridgehead atoms. The van der Waals surface area contributed by atoms with Gasteiger partial charge in [0.1, 0.15) is 0 Å². The molecule has 0 aliphatic carbocycles. The Morgan fingerprint density at radius 1 is 0.500 bits per heavy atom. The number of ether oxygens (including phenoxy) is 2. The van der Waals surface area contributed by atoms with Crippen LogP contribution in [0.25, 0.3) is 33.8 Å². The van der Waals surface area contributed by atoms with E-state index in [1.54, 1.807) is 51.5 Å². The van der Waals surface area contributed by atoms with E-state index in [1.165, 1.54) is 12.5 Å². The van der Waals surface area contributed by atoms with Crippen LogP contribution in [0.2, 0.25) is 0 Å². The van der Waals surface area contributed by atoms with Gasteiger partial charge in [-0.2, -0.15) is 9.97 Å². The van der Waals surface area contributed by atoms with Crippen molar-refractivity contribution in [1.82, 2.24) is 39.0 Å². The van der Waals surface area contributed by atoms with Crippen molar-refractivity contribution in [2.45, 2.75) is 22.9 Å². The summed E-state index contributed by atoms with van der Waals surface area (Å²) in [4.78, 5) is 15.5. The Morgan fingerprint density at radius 2 is 0.939 bits per heavy atom. The molecule has 0 amide bonds. The highest BCUT2D eigenvalue weighted by molar-refractivity contribution is 7.91. The molecule has 8 aromatic rings. The van der Waals surface area contributed by atoms with Crippen LogP contribution < -0.4 is 10.0 Å². The maximum absolute atomic E-state index is 12.6. The van der Waals surface area contributed by atoms with Gasteiger partial charge >= 0.3 is 0 Å². The molecule has 0 N–H and O–H groups in total. The number of anilines is 4. The molecule has 0 unspecified atom stereocenters. The zero-order valence-electron chi connectivity index (χ0n) is 36.5. The fraction of sp³-hybridized carbons (Fsp3) is 0.250. The molecule has 4 aromatic carbocycles. The molecule has 2 aliphatic rings. The van der Waals surface area contributed by atoms with E-state index in [0.717, 1.165) is 67.3 Å². The van der Waals surface area contributed by atoms with Gasteiger partial charge in [-0.15, -0.1) is 10.2 Å². The Kier molecular flexibility index (Phi) is 11.8. The van der Waals surface area contributed by atoms with Crippen molar-refractivity contribution in [3.63, 3.8) is 0 Å². The van der Waals surface area contributed by atoms with Gasteiger partial charge in [-0.1, -0.05) is 60.7 Å². The molecule has 338 valence electrons. The normalized spacial score (nSPS) is 15.4. The number of rotatable bonds is 13. The Bertz CT molecular complexity index is 3240. The van der Waals surface area contributed by atoms with Gasteiger partial charge in [0.05, 0.1) is 59.0 Å². The predicted molar refractivity (Wildman–Crippen MR) is 252 cm³/mol. The zero-order valence-corrected chi connectivity index (χ0v) is 38.1. The fourth-order valence-corrected chi connectivity index (χ4v) is 9.62. The Balaban J connectivity index is 1.14. The summed E-state index contributed by atoms with van der Waals surface area (Å²) < 4.78 is 64.7. The Hall–Kier alpha value is -6.54. The van der Waals surface area contributed by atoms with Crippen LogP contribution in [0.4, 0.5) is 23.3 Å². The van der Waals surface area contributed by atoms with E-state index in [4.69, 9.17) is 29.6 Å². The molecule has 66 heavy (non-hydrogen) atoms. The predicted octanol–water partition coefficient (Wildman–Crippen LogP) is 6.47. The summed E-state index contributed by atoms with van der Waals surface area (Å²) >= 11 is 0. The van der Waals surface area contributed by atoms with Gasteiger partial charge in [0.2, 0.25) is 0 Å². The number of pyridine rings is 2. The molecule has 0 spiro atoms. The highest BCUT2D eigenvalue weighted by Gasteiger charge is 2.30. The van der Waals surface area contributed by atoms with Crippen molar-refractivity contribution >= 4 is 54.2 Å². The first-order valence-electron chi connectivity index (χ1n) is 21.7. The molecule has 18 heteroatoms. The molecular formula is C48H48N10O6S2. The summed E-state index contributed by atoms with van der Waals surface area (Å²) in [7, 11) is -6.89. The smallest absolute Gasteiger partial charge is 0.269 e. The summed E-state index contributed by atoms with van der Waals surface area (Å²) in [5, 5.41) is 14.2. The molecular weight excluding hydrogens is 877 g/mol. The molecule has 2 saturated heterocycles. The second kappa shape index (κ2) is 18.0. The minimum Gasteiger partial charge on any atom is -0.379 e. The molecule has 0 atom stereocenters. The molecule has 4 aromatic heterocycles. The van der Waals surface area contributed by atoms with Crippen LogP contribution in [0.1, 0.15) is 11.1 Å². The maximum Gasteiger partial charge on any atom is 0.269 e. The standard InChI is InChI=1S/C48H48N10O6S2/c1-65(59,60)41-22-16-37(17-23-41)43-8-4-10-45-49-47(51-55(43)45)57(39-18-12-35(13-19-39)33-53-24-28-63-29-25-53)58(40-20-14-36(15-21-40)34-54-26-30-64-31-27-54)48-50-46-11-5-9-44(56(46)52-48)38-6-3-7-42(32-38)66(2,61)62/h3-23,32H,24-31,33-34H2,1-2H3. The minimum atomic E-state index is -3.49. The lowest BCUT2D eigenvalue weighted by atomic mass is 10.1. The van der Waals surface area contributed by atoms with Gasteiger partial charge in [0, 0.05) is 62.9 Å². The molecule has 6 heterocycles. The van der Waals surface area contributed by atoms with E-state index in [0.29, 0.717) is 66.6 Å². The average molecular weight is 925 g/mol. The van der Waals surface area contributed by atoms with Crippen molar-refractivity contribution in [2.75, 3.05) is 75.1 Å². The van der Waals surface area contributed by atoms with Gasteiger partial charge in [-0.25, -0.2) is 35.9 Å². The van der Waals surface area contributed by atoms with Crippen LogP contribution in [0.3, 0.4) is 0 Å². The quantitative estimate of drug-likeness (QED) is 0.116. The van der Waals surface area contributed by atoms with E-state index in [1.807, 2.05) is 76.7 Å². The summed E-state index contributed by atoms with van der Waals surface area (Å²) in [6.45, 7) is 7.75. The number of fused-ring (bicyclic) bond motifs is 2. The van der Waals surface area contributed by atoms with Crippen LogP contribution in [0.5, 0.6) is 0 Å². The van der Waals surface area contributed by atoms with Crippen molar-refractivity contribution in [2.24, 2.45) is 0 Å². The topological polar surface area (TPSA) is 160 Å². The van der Waals surface area contributed by atoms with Gasteiger partial charge in [-0.3, -0.25) is 9.80 Å². The van der Waals surface area contributed by atoms with Crippen LogP contribution in [0.15, 0.2) is 143 Å². The van der Waals surface area contributed by atoms with Crippen molar-refractivity contribution in [1.29, 1.82) is 0 Å². The van der Waals surface area contributed by atoms with Crippen molar-refractivity contribution in [3.8, 4) is 22.5 Å². The lowest BCUT2D eigenvalue weighted by Gasteiger charge is -2.33. The number of benzene rings is 4. The van der Waals surface area contributed by atoms with Crippen molar-refractivity contribution in [3.05, 3.63) is 145 Å². The number of nitrogens with zero attached hydrogens (tertiary/aromatic N) is 10. The summed E-state index contributed by atoms with van der Waals surface area (Å²) in [5.74, 6) is 0.615. The van der Waals surface area contributed by atoms with Crippen molar-refractivity contribution < 1.29 is 26.3 Å². The largest absolute Gasteiger partial charge is 0.379 e. The lowest BCUT2D eigenvalue weighted by Crippen LogP contribution is -2.38. The van der Waals surface area contributed by atoms with Crippen LogP contribution in [-0.2, 0) is 42.2 Å². The highest BCUT2D eigenvalue weighted by atomic mass is 32.2. The third-order valence-corrected chi connectivity index (χ3v) is 14.0. The first-order chi connectivity index (χ1) is 31.9. The second-order valence-corrected chi connectivity index (χ2v) is 20.5. The Labute approximate surface area is 383 Å². The molecule has 10 rings (SSSR count). The van der Waals surface area contributed by atoms with Gasteiger partial charge < -0.3 is 9.47 Å². The molecule has 0 radical (unpaired) electrons. The number of morpholine rings is 2. The second-order valence-electron chi connectivity index (χ2n) is 16.5. The number of hydrazine groups is 1. The monoisotopic (exact) mass is 924 g/mol. The van der Waals surface area contributed by atoms with E-state index in [9.17, 15) is 16.8 Å². The van der Waals surface area contributed by atoms with Crippen LogP contribution in [-0.4, -0.2) is 121 Å².